The molecular weight excluding hydrogens is 445 g/mol. The molecule has 1 aliphatic heterocycles. The van der Waals surface area contributed by atoms with E-state index in [2.05, 4.69) is 38.3 Å². The third-order valence-corrected chi connectivity index (χ3v) is 6.74. The van der Waals surface area contributed by atoms with Crippen LogP contribution in [0.5, 0.6) is 0 Å². The van der Waals surface area contributed by atoms with Crippen molar-refractivity contribution in [3.63, 3.8) is 0 Å². The molecule has 142 valence electrons. The Labute approximate surface area is 173 Å². The van der Waals surface area contributed by atoms with E-state index in [1.165, 1.54) is 50.0 Å². The van der Waals surface area contributed by atoms with Gasteiger partial charge in [0.15, 0.2) is 5.96 Å². The molecule has 2 fully saturated rings. The van der Waals surface area contributed by atoms with Crippen LogP contribution in [-0.4, -0.2) is 57.8 Å². The SMILES string of the molecule is CN=C(NCCCc1cnn(C)c1)N1CCSC2(CCCCC2)C1.I. The average molecular weight is 477 g/mol. The van der Waals surface area contributed by atoms with Gasteiger partial charge in [0.25, 0.3) is 0 Å². The van der Waals surface area contributed by atoms with E-state index >= 15 is 0 Å². The standard InChI is InChI=1S/C18H31N5S.HI/c1-19-17(20-10-6-7-16-13-21-22(2)14-16)23-11-12-24-18(15-23)8-4-3-5-9-18;/h13-14H,3-12,15H2,1-2H3,(H,19,20);1H. The number of aliphatic imine (C=N–C) groups is 1. The molecule has 0 aromatic carbocycles. The fourth-order valence-electron chi connectivity index (χ4n) is 3.95. The van der Waals surface area contributed by atoms with Crippen molar-refractivity contribution >= 4 is 41.7 Å². The van der Waals surface area contributed by atoms with Crippen LogP contribution in [0.25, 0.3) is 0 Å². The van der Waals surface area contributed by atoms with Crippen LogP contribution in [0.2, 0.25) is 0 Å². The molecule has 1 spiro atoms. The van der Waals surface area contributed by atoms with Crippen molar-refractivity contribution in [3.05, 3.63) is 18.0 Å². The first-order valence-electron chi connectivity index (χ1n) is 9.28. The van der Waals surface area contributed by atoms with Gasteiger partial charge < -0.3 is 10.2 Å². The molecule has 7 heteroatoms. The lowest BCUT2D eigenvalue weighted by Gasteiger charge is -2.45. The molecule has 1 aromatic rings. The third-order valence-electron chi connectivity index (χ3n) is 5.21. The number of guanidine groups is 1. The van der Waals surface area contributed by atoms with E-state index in [9.17, 15) is 0 Å². The highest BCUT2D eigenvalue weighted by molar-refractivity contribution is 14.0. The van der Waals surface area contributed by atoms with Crippen molar-refractivity contribution in [3.8, 4) is 0 Å². The van der Waals surface area contributed by atoms with Gasteiger partial charge in [-0.25, -0.2) is 0 Å². The van der Waals surface area contributed by atoms with Crippen molar-refractivity contribution in [2.45, 2.75) is 49.7 Å². The molecule has 2 heterocycles. The highest BCUT2D eigenvalue weighted by Gasteiger charge is 2.38. The van der Waals surface area contributed by atoms with Crippen LogP contribution in [-0.2, 0) is 13.5 Å². The predicted molar refractivity (Wildman–Crippen MR) is 118 cm³/mol. The lowest BCUT2D eigenvalue weighted by molar-refractivity contribution is 0.293. The molecule has 1 saturated heterocycles. The molecule has 0 radical (unpaired) electrons. The molecule has 1 saturated carbocycles. The quantitative estimate of drug-likeness (QED) is 0.313. The summed E-state index contributed by atoms with van der Waals surface area (Å²) in [5, 5.41) is 7.81. The number of nitrogens with one attached hydrogen (secondary N) is 1. The van der Waals surface area contributed by atoms with Crippen LogP contribution >= 0.6 is 35.7 Å². The number of nitrogens with zero attached hydrogens (tertiary/aromatic N) is 4. The molecule has 5 nitrogen and oxygen atoms in total. The number of aryl methyl sites for hydroxylation is 2. The maximum atomic E-state index is 4.54. The minimum absolute atomic E-state index is 0. The van der Waals surface area contributed by atoms with Crippen LogP contribution in [0.15, 0.2) is 17.4 Å². The number of aromatic nitrogens is 2. The van der Waals surface area contributed by atoms with Gasteiger partial charge in [0.05, 0.1) is 6.20 Å². The predicted octanol–water partition coefficient (Wildman–Crippen LogP) is 3.30. The molecule has 0 bridgehead atoms. The summed E-state index contributed by atoms with van der Waals surface area (Å²) in [4.78, 5) is 7.04. The van der Waals surface area contributed by atoms with Crippen molar-refractivity contribution < 1.29 is 0 Å². The van der Waals surface area contributed by atoms with Gasteiger partial charge in [-0.3, -0.25) is 9.67 Å². The Morgan fingerprint density at radius 2 is 2.16 bits per heavy atom. The van der Waals surface area contributed by atoms with Crippen molar-refractivity contribution in [1.82, 2.24) is 20.0 Å². The Morgan fingerprint density at radius 1 is 1.36 bits per heavy atom. The fraction of sp³-hybridized carbons (Fsp3) is 0.778. The summed E-state index contributed by atoms with van der Waals surface area (Å²) in [7, 11) is 3.89. The summed E-state index contributed by atoms with van der Waals surface area (Å²) < 4.78 is 2.36. The fourth-order valence-corrected chi connectivity index (χ4v) is 5.52. The van der Waals surface area contributed by atoms with Crippen LogP contribution in [0.4, 0.5) is 0 Å². The Bertz CT molecular complexity index is 548. The van der Waals surface area contributed by atoms with E-state index in [0.29, 0.717) is 4.75 Å². The molecule has 2 aliphatic rings. The van der Waals surface area contributed by atoms with Crippen molar-refractivity contribution in [2.75, 3.05) is 32.4 Å². The molecule has 0 unspecified atom stereocenters. The van der Waals surface area contributed by atoms with Crippen LogP contribution in [0.1, 0.15) is 44.1 Å². The highest BCUT2D eigenvalue weighted by atomic mass is 127. The van der Waals surface area contributed by atoms with E-state index < -0.39 is 0 Å². The van der Waals surface area contributed by atoms with Crippen molar-refractivity contribution in [2.24, 2.45) is 12.0 Å². The first-order valence-corrected chi connectivity index (χ1v) is 10.3. The van der Waals surface area contributed by atoms with Gasteiger partial charge >= 0.3 is 0 Å². The maximum absolute atomic E-state index is 4.54. The lowest BCUT2D eigenvalue weighted by atomic mass is 9.87. The second-order valence-electron chi connectivity index (χ2n) is 7.11. The summed E-state index contributed by atoms with van der Waals surface area (Å²) in [6, 6.07) is 0. The van der Waals surface area contributed by atoms with Crippen LogP contribution in [0.3, 0.4) is 0 Å². The van der Waals surface area contributed by atoms with Gasteiger partial charge in [-0.2, -0.15) is 16.9 Å². The zero-order valence-corrected chi connectivity index (χ0v) is 18.7. The molecule has 1 aliphatic carbocycles. The van der Waals surface area contributed by atoms with E-state index in [1.54, 1.807) is 0 Å². The molecule has 0 atom stereocenters. The minimum atomic E-state index is 0. The number of hydrogen-bond donors (Lipinski definition) is 1. The lowest BCUT2D eigenvalue weighted by Crippen LogP contribution is -2.53. The van der Waals surface area contributed by atoms with E-state index in [4.69, 9.17) is 0 Å². The number of rotatable bonds is 4. The Balaban J connectivity index is 0.00000225. The zero-order chi connectivity index (χ0) is 16.8. The molecule has 0 amide bonds. The van der Waals surface area contributed by atoms with Gasteiger partial charge in [-0.15, -0.1) is 24.0 Å². The normalized spacial score (nSPS) is 20.4. The third kappa shape index (κ3) is 5.77. The summed E-state index contributed by atoms with van der Waals surface area (Å²) in [5.41, 5.74) is 1.31. The summed E-state index contributed by atoms with van der Waals surface area (Å²) in [6.07, 6.45) is 13.2. The molecular formula is C18H32IN5S. The maximum Gasteiger partial charge on any atom is 0.193 e. The topological polar surface area (TPSA) is 45.5 Å². The van der Waals surface area contributed by atoms with Gasteiger partial charge in [-0.1, -0.05) is 19.3 Å². The molecule has 3 rings (SSSR count). The van der Waals surface area contributed by atoms with Crippen LogP contribution in [0, 0.1) is 0 Å². The first kappa shape index (κ1) is 20.9. The number of thioether (sulfide) groups is 1. The number of halogens is 1. The van der Waals surface area contributed by atoms with E-state index in [-0.39, 0.29) is 24.0 Å². The van der Waals surface area contributed by atoms with E-state index in [0.717, 1.165) is 31.9 Å². The second kappa shape index (κ2) is 10.0. The summed E-state index contributed by atoms with van der Waals surface area (Å²) in [6.45, 7) is 3.26. The largest absolute Gasteiger partial charge is 0.356 e. The van der Waals surface area contributed by atoms with Gasteiger partial charge in [0.1, 0.15) is 0 Å². The average Bonchev–Trinajstić information content (AvgIpc) is 3.01. The molecule has 1 aromatic heterocycles. The van der Waals surface area contributed by atoms with Crippen LogP contribution < -0.4 is 5.32 Å². The Kier molecular flexibility index (Phi) is 8.38. The Morgan fingerprint density at radius 3 is 2.84 bits per heavy atom. The Hall–Kier alpha value is -0.440. The van der Waals surface area contributed by atoms with E-state index in [1.807, 2.05) is 25.0 Å². The molecule has 1 N–H and O–H groups in total. The monoisotopic (exact) mass is 477 g/mol. The highest BCUT2D eigenvalue weighted by Crippen LogP contribution is 2.42. The number of hydrogen-bond acceptors (Lipinski definition) is 3. The smallest absolute Gasteiger partial charge is 0.193 e. The minimum Gasteiger partial charge on any atom is -0.356 e. The summed E-state index contributed by atoms with van der Waals surface area (Å²) >= 11 is 2.21. The zero-order valence-electron chi connectivity index (χ0n) is 15.5. The molecule has 25 heavy (non-hydrogen) atoms. The van der Waals surface area contributed by atoms with Gasteiger partial charge in [0.2, 0.25) is 0 Å². The van der Waals surface area contributed by atoms with Gasteiger partial charge in [0, 0.05) is 50.4 Å². The first-order chi connectivity index (χ1) is 11.7. The second-order valence-corrected chi connectivity index (χ2v) is 8.68. The van der Waals surface area contributed by atoms with Gasteiger partial charge in [-0.05, 0) is 31.2 Å². The van der Waals surface area contributed by atoms with Crippen molar-refractivity contribution in [1.29, 1.82) is 0 Å². The summed E-state index contributed by atoms with van der Waals surface area (Å²) in [5.74, 6) is 2.32.